The molecule has 0 aliphatic rings. The Bertz CT molecular complexity index is 673. The van der Waals surface area contributed by atoms with Crippen molar-refractivity contribution in [2.75, 3.05) is 5.32 Å². The van der Waals surface area contributed by atoms with Crippen LogP contribution in [-0.4, -0.2) is 19.7 Å². The molecular weight excluding hydrogens is 250 g/mol. The van der Waals surface area contributed by atoms with Crippen LogP contribution in [0.3, 0.4) is 0 Å². The fourth-order valence-corrected chi connectivity index (χ4v) is 1.99. The van der Waals surface area contributed by atoms with Crippen LogP contribution in [0.15, 0.2) is 55.1 Å². The minimum Gasteiger partial charge on any atom is -0.381 e. The molecule has 5 heteroatoms. The Balaban J connectivity index is 1.69. The van der Waals surface area contributed by atoms with E-state index in [0.717, 1.165) is 29.2 Å². The lowest BCUT2D eigenvalue weighted by atomic mass is 10.2. The lowest BCUT2D eigenvalue weighted by molar-refractivity contribution is 0.920. The molecule has 1 aromatic carbocycles. The SMILES string of the molecule is Cn1cnnc1-c1ccc(NCc2cccnc2)cc1. The fourth-order valence-electron chi connectivity index (χ4n) is 1.99. The number of anilines is 1. The van der Waals surface area contributed by atoms with Crippen LogP contribution in [0, 0.1) is 0 Å². The van der Waals surface area contributed by atoms with Gasteiger partial charge >= 0.3 is 0 Å². The standard InChI is InChI=1S/C15H15N5/c1-20-11-18-19-15(20)13-4-6-14(7-5-13)17-10-12-3-2-8-16-9-12/h2-9,11,17H,10H2,1H3. The molecule has 100 valence electrons. The average molecular weight is 265 g/mol. The third-order valence-electron chi connectivity index (χ3n) is 3.07. The van der Waals surface area contributed by atoms with Crippen molar-refractivity contribution in [1.29, 1.82) is 0 Å². The van der Waals surface area contributed by atoms with Gasteiger partial charge in [0.15, 0.2) is 5.82 Å². The molecule has 3 rings (SSSR count). The number of hydrogen-bond donors (Lipinski definition) is 1. The smallest absolute Gasteiger partial charge is 0.163 e. The first kappa shape index (κ1) is 12.3. The minimum atomic E-state index is 0.761. The highest BCUT2D eigenvalue weighted by molar-refractivity contribution is 5.59. The molecule has 0 amide bonds. The molecule has 0 radical (unpaired) electrons. The molecule has 1 N–H and O–H groups in total. The normalized spacial score (nSPS) is 10.4. The molecule has 20 heavy (non-hydrogen) atoms. The number of nitrogens with one attached hydrogen (secondary N) is 1. The maximum Gasteiger partial charge on any atom is 0.163 e. The van der Waals surface area contributed by atoms with Gasteiger partial charge in [-0.15, -0.1) is 10.2 Å². The van der Waals surface area contributed by atoms with Gasteiger partial charge in [-0.2, -0.15) is 0 Å². The maximum absolute atomic E-state index is 4.10. The molecule has 5 nitrogen and oxygen atoms in total. The molecule has 0 unspecified atom stereocenters. The van der Waals surface area contributed by atoms with E-state index in [4.69, 9.17) is 0 Å². The summed E-state index contributed by atoms with van der Waals surface area (Å²) in [5, 5.41) is 11.3. The number of pyridine rings is 1. The van der Waals surface area contributed by atoms with Gasteiger partial charge in [0.1, 0.15) is 6.33 Å². The quantitative estimate of drug-likeness (QED) is 0.787. The first-order valence-corrected chi connectivity index (χ1v) is 6.40. The van der Waals surface area contributed by atoms with Crippen molar-refractivity contribution in [3.63, 3.8) is 0 Å². The Hall–Kier alpha value is -2.69. The van der Waals surface area contributed by atoms with E-state index in [1.807, 2.05) is 54.2 Å². The van der Waals surface area contributed by atoms with Crippen molar-refractivity contribution in [1.82, 2.24) is 19.7 Å². The van der Waals surface area contributed by atoms with E-state index < -0.39 is 0 Å². The molecule has 2 heterocycles. The third-order valence-corrected chi connectivity index (χ3v) is 3.07. The summed E-state index contributed by atoms with van der Waals surface area (Å²) in [6.07, 6.45) is 5.34. The summed E-state index contributed by atoms with van der Waals surface area (Å²) in [7, 11) is 1.93. The molecule has 0 saturated carbocycles. The summed E-state index contributed by atoms with van der Waals surface area (Å²) in [5.41, 5.74) is 3.28. The summed E-state index contributed by atoms with van der Waals surface area (Å²) < 4.78 is 1.90. The molecule has 3 aromatic rings. The predicted molar refractivity (Wildman–Crippen MR) is 78.0 cm³/mol. The van der Waals surface area contributed by atoms with Crippen LogP contribution in [0.5, 0.6) is 0 Å². The van der Waals surface area contributed by atoms with E-state index in [0.29, 0.717) is 0 Å². The van der Waals surface area contributed by atoms with Crippen molar-refractivity contribution in [3.8, 4) is 11.4 Å². The van der Waals surface area contributed by atoms with Gasteiger partial charge in [-0.25, -0.2) is 0 Å². The van der Waals surface area contributed by atoms with E-state index in [1.54, 1.807) is 12.5 Å². The summed E-state index contributed by atoms with van der Waals surface area (Å²) in [6, 6.07) is 12.1. The first-order valence-electron chi connectivity index (χ1n) is 6.40. The van der Waals surface area contributed by atoms with Crippen LogP contribution in [0.25, 0.3) is 11.4 Å². The van der Waals surface area contributed by atoms with Gasteiger partial charge in [-0.3, -0.25) is 4.98 Å². The molecule has 0 aliphatic carbocycles. The highest BCUT2D eigenvalue weighted by Gasteiger charge is 2.03. The molecular formula is C15H15N5. The van der Waals surface area contributed by atoms with Crippen molar-refractivity contribution in [2.24, 2.45) is 7.05 Å². The van der Waals surface area contributed by atoms with Gasteiger partial charge in [0.2, 0.25) is 0 Å². The van der Waals surface area contributed by atoms with Gasteiger partial charge in [-0.1, -0.05) is 6.07 Å². The van der Waals surface area contributed by atoms with E-state index in [2.05, 4.69) is 20.5 Å². The number of aryl methyl sites for hydroxylation is 1. The van der Waals surface area contributed by atoms with E-state index in [9.17, 15) is 0 Å². The molecule has 0 aliphatic heterocycles. The van der Waals surface area contributed by atoms with E-state index in [-0.39, 0.29) is 0 Å². The summed E-state index contributed by atoms with van der Waals surface area (Å²) in [4.78, 5) is 4.10. The summed E-state index contributed by atoms with van der Waals surface area (Å²) in [5.74, 6) is 0.865. The zero-order chi connectivity index (χ0) is 13.8. The molecule has 0 fully saturated rings. The Morgan fingerprint density at radius 2 is 2.00 bits per heavy atom. The van der Waals surface area contributed by atoms with Crippen LogP contribution >= 0.6 is 0 Å². The lowest BCUT2D eigenvalue weighted by Gasteiger charge is -2.07. The van der Waals surface area contributed by atoms with Crippen molar-refractivity contribution >= 4 is 5.69 Å². The minimum absolute atomic E-state index is 0.761. The van der Waals surface area contributed by atoms with Crippen LogP contribution in [0.4, 0.5) is 5.69 Å². The largest absolute Gasteiger partial charge is 0.381 e. The molecule has 0 saturated heterocycles. The zero-order valence-electron chi connectivity index (χ0n) is 11.2. The van der Waals surface area contributed by atoms with E-state index in [1.165, 1.54) is 0 Å². The lowest BCUT2D eigenvalue weighted by Crippen LogP contribution is -1.99. The maximum atomic E-state index is 4.10. The number of nitrogens with zero attached hydrogens (tertiary/aromatic N) is 4. The fraction of sp³-hybridized carbons (Fsp3) is 0.133. The van der Waals surface area contributed by atoms with E-state index >= 15 is 0 Å². The average Bonchev–Trinajstić information content (AvgIpc) is 2.93. The van der Waals surface area contributed by atoms with Crippen LogP contribution < -0.4 is 5.32 Å². The molecule has 0 atom stereocenters. The topological polar surface area (TPSA) is 55.6 Å². The number of hydrogen-bond acceptors (Lipinski definition) is 4. The second-order valence-corrected chi connectivity index (χ2v) is 4.56. The first-order chi connectivity index (χ1) is 9.83. The van der Waals surface area contributed by atoms with Gasteiger partial charge in [-0.05, 0) is 35.9 Å². The highest BCUT2D eigenvalue weighted by atomic mass is 15.2. The van der Waals surface area contributed by atoms with Crippen LogP contribution in [-0.2, 0) is 13.6 Å². The number of rotatable bonds is 4. The second-order valence-electron chi connectivity index (χ2n) is 4.56. The Morgan fingerprint density at radius 3 is 2.65 bits per heavy atom. The van der Waals surface area contributed by atoms with Crippen molar-refractivity contribution in [2.45, 2.75) is 6.54 Å². The zero-order valence-corrected chi connectivity index (χ0v) is 11.2. The summed E-state index contributed by atoms with van der Waals surface area (Å²) in [6.45, 7) is 0.761. The Morgan fingerprint density at radius 1 is 1.15 bits per heavy atom. The Kier molecular flexibility index (Phi) is 3.41. The molecule has 2 aromatic heterocycles. The Labute approximate surface area is 117 Å². The highest BCUT2D eigenvalue weighted by Crippen LogP contribution is 2.18. The van der Waals surface area contributed by atoms with Crippen molar-refractivity contribution in [3.05, 3.63) is 60.7 Å². The molecule has 0 bridgehead atoms. The van der Waals surface area contributed by atoms with Crippen LogP contribution in [0.2, 0.25) is 0 Å². The van der Waals surface area contributed by atoms with Gasteiger partial charge in [0, 0.05) is 37.2 Å². The monoisotopic (exact) mass is 265 g/mol. The summed E-state index contributed by atoms with van der Waals surface area (Å²) >= 11 is 0. The third kappa shape index (κ3) is 2.66. The predicted octanol–water partition coefficient (Wildman–Crippen LogP) is 2.49. The van der Waals surface area contributed by atoms with Crippen LogP contribution in [0.1, 0.15) is 5.56 Å². The number of aromatic nitrogens is 4. The van der Waals surface area contributed by atoms with Gasteiger partial charge in [0.25, 0.3) is 0 Å². The molecule has 0 spiro atoms. The second kappa shape index (κ2) is 5.52. The number of benzene rings is 1. The van der Waals surface area contributed by atoms with Gasteiger partial charge < -0.3 is 9.88 Å². The van der Waals surface area contributed by atoms with Gasteiger partial charge in [0.05, 0.1) is 0 Å². The van der Waals surface area contributed by atoms with Crippen molar-refractivity contribution < 1.29 is 0 Å².